The number of hydrogen-bond acceptors (Lipinski definition) is 2. The normalized spacial score (nSPS) is 10.2. The van der Waals surface area contributed by atoms with Crippen LogP contribution < -0.4 is 10.1 Å². The fraction of sp³-hybridized carbons (Fsp3) is 0.462. The summed E-state index contributed by atoms with van der Waals surface area (Å²) in [6.07, 6.45) is 3.07. The molecule has 0 heterocycles. The van der Waals surface area contributed by atoms with Crippen molar-refractivity contribution in [2.45, 2.75) is 26.2 Å². The molecular formula is C13H17F2NO2. The van der Waals surface area contributed by atoms with E-state index in [1.807, 2.05) is 0 Å². The molecule has 1 rings (SSSR count). The number of rotatable bonds is 7. The monoisotopic (exact) mass is 257 g/mol. The van der Waals surface area contributed by atoms with Gasteiger partial charge in [-0.05, 0) is 18.6 Å². The van der Waals surface area contributed by atoms with Gasteiger partial charge in [-0.15, -0.1) is 0 Å². The number of carbonyl (C=O) groups is 1. The lowest BCUT2D eigenvalue weighted by atomic mass is 10.2. The zero-order chi connectivity index (χ0) is 13.4. The van der Waals surface area contributed by atoms with Gasteiger partial charge in [-0.25, -0.2) is 8.78 Å². The molecule has 0 unspecified atom stereocenters. The van der Waals surface area contributed by atoms with Gasteiger partial charge in [0.15, 0.2) is 18.2 Å². The summed E-state index contributed by atoms with van der Waals surface area (Å²) in [7, 11) is 0. The smallest absolute Gasteiger partial charge is 0.257 e. The first-order valence-electron chi connectivity index (χ1n) is 5.98. The molecule has 0 aliphatic rings. The highest BCUT2D eigenvalue weighted by Crippen LogP contribution is 2.15. The van der Waals surface area contributed by atoms with Gasteiger partial charge in [-0.1, -0.05) is 19.8 Å². The molecule has 0 saturated heterocycles. The third kappa shape index (κ3) is 5.12. The molecule has 0 spiro atoms. The zero-order valence-corrected chi connectivity index (χ0v) is 10.3. The van der Waals surface area contributed by atoms with Gasteiger partial charge >= 0.3 is 0 Å². The Morgan fingerprint density at radius 3 is 2.72 bits per heavy atom. The third-order valence-corrected chi connectivity index (χ3v) is 2.36. The van der Waals surface area contributed by atoms with Crippen LogP contribution in [0.25, 0.3) is 0 Å². The Labute approximate surface area is 105 Å². The first-order chi connectivity index (χ1) is 8.63. The van der Waals surface area contributed by atoms with Crippen molar-refractivity contribution in [2.24, 2.45) is 0 Å². The lowest BCUT2D eigenvalue weighted by Crippen LogP contribution is -2.29. The van der Waals surface area contributed by atoms with Crippen LogP contribution in [-0.4, -0.2) is 19.1 Å². The maximum absolute atomic E-state index is 12.8. The van der Waals surface area contributed by atoms with Gasteiger partial charge in [0.25, 0.3) is 5.91 Å². The molecule has 0 aliphatic heterocycles. The van der Waals surface area contributed by atoms with Crippen LogP contribution in [-0.2, 0) is 4.79 Å². The molecule has 5 heteroatoms. The van der Waals surface area contributed by atoms with Crippen LogP contribution in [0.3, 0.4) is 0 Å². The van der Waals surface area contributed by atoms with Crippen LogP contribution >= 0.6 is 0 Å². The summed E-state index contributed by atoms with van der Waals surface area (Å²) in [6.45, 7) is 2.49. The zero-order valence-electron chi connectivity index (χ0n) is 10.3. The number of nitrogens with one attached hydrogen (secondary N) is 1. The highest BCUT2D eigenvalue weighted by molar-refractivity contribution is 5.77. The van der Waals surface area contributed by atoms with Gasteiger partial charge in [0.05, 0.1) is 0 Å². The van der Waals surface area contributed by atoms with Crippen molar-refractivity contribution in [2.75, 3.05) is 13.2 Å². The molecule has 0 bridgehead atoms. The average Bonchev–Trinajstić information content (AvgIpc) is 2.36. The number of unbranched alkanes of at least 4 members (excludes halogenated alkanes) is 2. The van der Waals surface area contributed by atoms with E-state index in [4.69, 9.17) is 4.74 Å². The first-order valence-corrected chi connectivity index (χ1v) is 5.98. The van der Waals surface area contributed by atoms with E-state index in [2.05, 4.69) is 12.2 Å². The number of benzene rings is 1. The van der Waals surface area contributed by atoms with Crippen molar-refractivity contribution >= 4 is 5.91 Å². The SMILES string of the molecule is CCCCCNC(=O)COc1ccc(F)c(F)c1. The quantitative estimate of drug-likeness (QED) is 0.763. The summed E-state index contributed by atoms with van der Waals surface area (Å²) < 4.78 is 30.5. The summed E-state index contributed by atoms with van der Waals surface area (Å²) in [5.41, 5.74) is 0. The standard InChI is InChI=1S/C13H17F2NO2/c1-2-3-4-7-16-13(17)9-18-10-5-6-11(14)12(15)8-10/h5-6,8H,2-4,7,9H2,1H3,(H,16,17). The van der Waals surface area contributed by atoms with Crippen molar-refractivity contribution in [1.29, 1.82) is 0 Å². The number of hydrogen-bond donors (Lipinski definition) is 1. The molecule has 3 nitrogen and oxygen atoms in total. The Kier molecular flexibility index (Phi) is 6.11. The Bertz CT molecular complexity index is 397. The van der Waals surface area contributed by atoms with Gasteiger partial charge < -0.3 is 10.1 Å². The predicted octanol–water partition coefficient (Wildman–Crippen LogP) is 2.65. The minimum absolute atomic E-state index is 0.137. The van der Waals surface area contributed by atoms with E-state index in [9.17, 15) is 13.6 Å². The van der Waals surface area contributed by atoms with Crippen LogP contribution in [0.4, 0.5) is 8.78 Å². The Morgan fingerprint density at radius 2 is 2.06 bits per heavy atom. The lowest BCUT2D eigenvalue weighted by Gasteiger charge is -2.07. The number of ether oxygens (including phenoxy) is 1. The van der Waals surface area contributed by atoms with Crippen molar-refractivity contribution in [3.05, 3.63) is 29.8 Å². The van der Waals surface area contributed by atoms with E-state index >= 15 is 0 Å². The van der Waals surface area contributed by atoms with E-state index in [1.165, 1.54) is 6.07 Å². The molecule has 18 heavy (non-hydrogen) atoms. The van der Waals surface area contributed by atoms with Crippen LogP contribution in [0.15, 0.2) is 18.2 Å². The second-order valence-electron chi connectivity index (χ2n) is 3.92. The fourth-order valence-corrected chi connectivity index (χ4v) is 1.37. The van der Waals surface area contributed by atoms with Crippen LogP contribution in [0.5, 0.6) is 5.75 Å². The largest absolute Gasteiger partial charge is 0.484 e. The fourth-order valence-electron chi connectivity index (χ4n) is 1.37. The molecule has 1 aromatic carbocycles. The number of carbonyl (C=O) groups excluding carboxylic acids is 1. The summed E-state index contributed by atoms with van der Waals surface area (Å²) >= 11 is 0. The van der Waals surface area contributed by atoms with E-state index in [-0.39, 0.29) is 18.3 Å². The van der Waals surface area contributed by atoms with Crippen molar-refractivity contribution in [1.82, 2.24) is 5.32 Å². The molecule has 1 N–H and O–H groups in total. The topological polar surface area (TPSA) is 38.3 Å². The molecule has 100 valence electrons. The van der Waals surface area contributed by atoms with Gasteiger partial charge in [0, 0.05) is 12.6 Å². The molecule has 0 aliphatic carbocycles. The Hall–Kier alpha value is -1.65. The molecule has 0 radical (unpaired) electrons. The summed E-state index contributed by atoms with van der Waals surface area (Å²) in [5.74, 6) is -2.06. The van der Waals surface area contributed by atoms with Crippen molar-refractivity contribution < 1.29 is 18.3 Å². The molecule has 1 amide bonds. The molecule has 0 aromatic heterocycles. The predicted molar refractivity (Wildman–Crippen MR) is 64.4 cm³/mol. The second-order valence-corrected chi connectivity index (χ2v) is 3.92. The Morgan fingerprint density at radius 1 is 1.28 bits per heavy atom. The second kappa shape index (κ2) is 7.63. The van der Waals surface area contributed by atoms with E-state index in [0.29, 0.717) is 6.54 Å². The number of amides is 1. The van der Waals surface area contributed by atoms with Gasteiger partial charge in [0.2, 0.25) is 0 Å². The highest BCUT2D eigenvalue weighted by atomic mass is 19.2. The van der Waals surface area contributed by atoms with Crippen LogP contribution in [0, 0.1) is 11.6 Å². The summed E-state index contributed by atoms with van der Waals surface area (Å²) in [4.78, 5) is 11.3. The minimum Gasteiger partial charge on any atom is -0.484 e. The Balaban J connectivity index is 2.27. The maximum Gasteiger partial charge on any atom is 0.257 e. The maximum atomic E-state index is 12.8. The van der Waals surface area contributed by atoms with E-state index in [1.54, 1.807) is 0 Å². The van der Waals surface area contributed by atoms with E-state index < -0.39 is 11.6 Å². The third-order valence-electron chi connectivity index (χ3n) is 2.36. The number of halogens is 2. The summed E-state index contributed by atoms with van der Waals surface area (Å²) in [6, 6.07) is 3.16. The van der Waals surface area contributed by atoms with Gasteiger partial charge in [-0.3, -0.25) is 4.79 Å². The first kappa shape index (κ1) is 14.4. The average molecular weight is 257 g/mol. The lowest BCUT2D eigenvalue weighted by molar-refractivity contribution is -0.123. The van der Waals surface area contributed by atoms with Crippen LogP contribution in [0.2, 0.25) is 0 Å². The molecular weight excluding hydrogens is 240 g/mol. The molecule has 0 atom stereocenters. The van der Waals surface area contributed by atoms with Gasteiger partial charge in [-0.2, -0.15) is 0 Å². The van der Waals surface area contributed by atoms with Crippen LogP contribution in [0.1, 0.15) is 26.2 Å². The van der Waals surface area contributed by atoms with E-state index in [0.717, 1.165) is 31.4 Å². The molecule has 0 fully saturated rings. The molecule has 1 aromatic rings. The van der Waals surface area contributed by atoms with Crippen molar-refractivity contribution in [3.63, 3.8) is 0 Å². The van der Waals surface area contributed by atoms with Gasteiger partial charge in [0.1, 0.15) is 5.75 Å². The minimum atomic E-state index is -0.990. The highest BCUT2D eigenvalue weighted by Gasteiger charge is 2.05. The molecule has 0 saturated carbocycles. The summed E-state index contributed by atoms with van der Waals surface area (Å²) in [5, 5.41) is 2.68. The van der Waals surface area contributed by atoms with Crippen molar-refractivity contribution in [3.8, 4) is 5.75 Å².